The lowest BCUT2D eigenvalue weighted by molar-refractivity contribution is -0.140. The number of amides is 2. The van der Waals surface area contributed by atoms with Gasteiger partial charge in [0.25, 0.3) is 10.0 Å². The van der Waals surface area contributed by atoms with E-state index in [-0.39, 0.29) is 23.4 Å². The van der Waals surface area contributed by atoms with Gasteiger partial charge in [0.2, 0.25) is 11.8 Å². The number of nitrogens with one attached hydrogen (secondary N) is 1. The van der Waals surface area contributed by atoms with E-state index in [1.807, 2.05) is 52.0 Å². The van der Waals surface area contributed by atoms with Gasteiger partial charge in [0.15, 0.2) is 0 Å². The zero-order valence-corrected chi connectivity index (χ0v) is 27.0. The summed E-state index contributed by atoms with van der Waals surface area (Å²) in [6.07, 6.45) is 5.51. The van der Waals surface area contributed by atoms with Crippen molar-refractivity contribution in [3.8, 4) is 0 Å². The number of benzene rings is 3. The molecule has 1 aliphatic carbocycles. The second-order valence-corrected chi connectivity index (χ2v) is 13.8. The summed E-state index contributed by atoms with van der Waals surface area (Å²) in [5.41, 5.74) is 3.74. The fourth-order valence-electron chi connectivity index (χ4n) is 5.59. The molecule has 7 nitrogen and oxygen atoms in total. The molecule has 0 aliphatic heterocycles. The van der Waals surface area contributed by atoms with E-state index in [2.05, 4.69) is 5.32 Å². The number of carbonyl (C=O) groups is 2. The normalized spacial score (nSPS) is 14.6. The SMILES string of the molecule is CC[C@H](C(=O)NC1CCCCC1)N(Cc1ccc(Cl)cc1)C(=O)CN(c1cc(C)ccc1C)S(=O)(=O)c1ccc(C)cc1. The van der Waals surface area contributed by atoms with E-state index < -0.39 is 28.5 Å². The van der Waals surface area contributed by atoms with Crippen LogP contribution in [0.3, 0.4) is 0 Å². The van der Waals surface area contributed by atoms with Gasteiger partial charge in [0, 0.05) is 17.6 Å². The summed E-state index contributed by atoms with van der Waals surface area (Å²) in [5.74, 6) is -0.673. The highest BCUT2D eigenvalue weighted by molar-refractivity contribution is 7.92. The zero-order valence-electron chi connectivity index (χ0n) is 25.5. The highest BCUT2D eigenvalue weighted by Gasteiger charge is 2.35. The molecule has 2 amide bonds. The number of hydrogen-bond donors (Lipinski definition) is 1. The minimum atomic E-state index is -4.12. The number of anilines is 1. The van der Waals surface area contributed by atoms with Gasteiger partial charge in [-0.25, -0.2) is 8.42 Å². The molecule has 0 heterocycles. The summed E-state index contributed by atoms with van der Waals surface area (Å²) >= 11 is 6.12. The molecule has 0 radical (unpaired) electrons. The third-order valence-electron chi connectivity index (χ3n) is 8.12. The molecule has 0 saturated heterocycles. The fraction of sp³-hybridized carbons (Fsp3) is 0.412. The van der Waals surface area contributed by atoms with Crippen LogP contribution in [0.15, 0.2) is 71.6 Å². The van der Waals surface area contributed by atoms with Gasteiger partial charge in [0.1, 0.15) is 12.6 Å². The Bertz CT molecular complexity index is 1520. The largest absolute Gasteiger partial charge is 0.352 e. The highest BCUT2D eigenvalue weighted by Crippen LogP contribution is 2.29. The summed E-state index contributed by atoms with van der Waals surface area (Å²) < 4.78 is 29.5. The van der Waals surface area contributed by atoms with Gasteiger partial charge in [-0.2, -0.15) is 0 Å². The van der Waals surface area contributed by atoms with Crippen molar-refractivity contribution < 1.29 is 18.0 Å². The van der Waals surface area contributed by atoms with Crippen molar-refractivity contribution in [3.63, 3.8) is 0 Å². The summed E-state index contributed by atoms with van der Waals surface area (Å²) in [6, 6.07) is 18.6. The topological polar surface area (TPSA) is 86.8 Å². The van der Waals surface area contributed by atoms with Gasteiger partial charge in [-0.05, 0) is 87.1 Å². The molecule has 3 aromatic carbocycles. The van der Waals surface area contributed by atoms with Crippen molar-refractivity contribution in [2.45, 2.75) is 89.7 Å². The van der Waals surface area contributed by atoms with Crippen LogP contribution < -0.4 is 9.62 Å². The number of halogens is 1. The maximum absolute atomic E-state index is 14.3. The molecule has 230 valence electrons. The second kappa shape index (κ2) is 14.4. The van der Waals surface area contributed by atoms with E-state index in [1.54, 1.807) is 42.5 Å². The molecule has 1 saturated carbocycles. The Morgan fingerprint density at radius 2 is 1.53 bits per heavy atom. The summed E-state index contributed by atoms with van der Waals surface area (Å²) in [4.78, 5) is 29.6. The lowest BCUT2D eigenvalue weighted by Crippen LogP contribution is -2.54. The molecule has 1 N–H and O–H groups in total. The van der Waals surface area contributed by atoms with Crippen molar-refractivity contribution in [3.05, 3.63) is 94.0 Å². The Kier molecular flexibility index (Phi) is 10.9. The average Bonchev–Trinajstić information content (AvgIpc) is 2.98. The van der Waals surface area contributed by atoms with E-state index in [4.69, 9.17) is 11.6 Å². The maximum atomic E-state index is 14.3. The molecule has 4 rings (SSSR count). The third kappa shape index (κ3) is 8.18. The van der Waals surface area contributed by atoms with E-state index in [0.29, 0.717) is 17.1 Å². The van der Waals surface area contributed by atoms with Gasteiger partial charge in [-0.3, -0.25) is 13.9 Å². The van der Waals surface area contributed by atoms with Gasteiger partial charge in [-0.1, -0.05) is 79.7 Å². The van der Waals surface area contributed by atoms with Crippen molar-refractivity contribution >= 4 is 39.1 Å². The molecule has 0 aromatic heterocycles. The van der Waals surface area contributed by atoms with Crippen LogP contribution in [0.5, 0.6) is 0 Å². The van der Waals surface area contributed by atoms with E-state index in [9.17, 15) is 18.0 Å². The van der Waals surface area contributed by atoms with Crippen LogP contribution in [0.2, 0.25) is 5.02 Å². The van der Waals surface area contributed by atoms with Gasteiger partial charge in [0.05, 0.1) is 10.6 Å². The van der Waals surface area contributed by atoms with Crippen LogP contribution in [0.25, 0.3) is 0 Å². The summed E-state index contributed by atoms with van der Waals surface area (Å²) in [7, 11) is -4.12. The molecule has 3 aromatic rings. The van der Waals surface area contributed by atoms with Gasteiger partial charge < -0.3 is 10.2 Å². The van der Waals surface area contributed by atoms with E-state index >= 15 is 0 Å². The van der Waals surface area contributed by atoms with Crippen molar-refractivity contribution in [2.24, 2.45) is 0 Å². The first-order valence-electron chi connectivity index (χ1n) is 15.0. The first kappa shape index (κ1) is 32.6. The number of hydrogen-bond acceptors (Lipinski definition) is 4. The molecule has 1 fully saturated rings. The molecule has 0 bridgehead atoms. The minimum Gasteiger partial charge on any atom is -0.352 e. The van der Waals surface area contributed by atoms with Crippen molar-refractivity contribution in [2.75, 3.05) is 10.8 Å². The third-order valence-corrected chi connectivity index (χ3v) is 10.2. The quantitative estimate of drug-likeness (QED) is 0.257. The summed E-state index contributed by atoms with van der Waals surface area (Å²) in [6.45, 7) is 7.16. The molecule has 43 heavy (non-hydrogen) atoms. The molecular weight excluding hydrogens is 582 g/mol. The number of carbonyl (C=O) groups excluding carboxylic acids is 2. The molecule has 9 heteroatoms. The van der Waals surface area contributed by atoms with Crippen LogP contribution in [0.1, 0.15) is 67.7 Å². The van der Waals surface area contributed by atoms with Gasteiger partial charge in [-0.15, -0.1) is 0 Å². The van der Waals surface area contributed by atoms with E-state index in [0.717, 1.165) is 54.4 Å². The van der Waals surface area contributed by atoms with E-state index in [1.165, 1.54) is 9.21 Å². The average molecular weight is 624 g/mol. The monoisotopic (exact) mass is 623 g/mol. The number of nitrogens with zero attached hydrogens (tertiary/aromatic N) is 2. The Morgan fingerprint density at radius 3 is 2.16 bits per heavy atom. The van der Waals surface area contributed by atoms with Crippen molar-refractivity contribution in [1.29, 1.82) is 0 Å². The Morgan fingerprint density at radius 1 is 0.907 bits per heavy atom. The predicted octanol–water partition coefficient (Wildman–Crippen LogP) is 6.72. The number of aryl methyl sites for hydroxylation is 3. The fourth-order valence-corrected chi connectivity index (χ4v) is 7.19. The Hall–Kier alpha value is -3.36. The van der Waals surface area contributed by atoms with Crippen LogP contribution in [-0.4, -0.2) is 43.8 Å². The number of sulfonamides is 1. The highest BCUT2D eigenvalue weighted by atomic mass is 35.5. The Labute approximate surface area is 261 Å². The van der Waals surface area contributed by atoms with Crippen LogP contribution in [0, 0.1) is 20.8 Å². The van der Waals surface area contributed by atoms with Crippen LogP contribution in [0.4, 0.5) is 5.69 Å². The Balaban J connectivity index is 1.73. The minimum absolute atomic E-state index is 0.0798. The first-order valence-corrected chi connectivity index (χ1v) is 16.8. The number of rotatable bonds is 11. The second-order valence-electron chi connectivity index (χ2n) is 11.5. The maximum Gasteiger partial charge on any atom is 0.264 e. The molecule has 0 unspecified atom stereocenters. The first-order chi connectivity index (χ1) is 20.5. The lowest BCUT2D eigenvalue weighted by Gasteiger charge is -2.35. The molecule has 1 aliphatic rings. The summed E-state index contributed by atoms with van der Waals surface area (Å²) in [5, 5.41) is 3.74. The zero-order chi connectivity index (χ0) is 31.1. The van der Waals surface area contributed by atoms with Crippen LogP contribution in [-0.2, 0) is 26.2 Å². The smallest absolute Gasteiger partial charge is 0.264 e. The standard InChI is InChI=1S/C34H42ClN3O4S/c1-5-31(34(40)36-29-9-7-6-8-10-29)37(22-27-15-17-28(35)18-16-27)33(39)23-38(32-21-25(3)11-14-26(32)4)43(41,42)30-19-12-24(2)13-20-30/h11-21,29,31H,5-10,22-23H2,1-4H3,(H,36,40)/t31-/m1/s1. The van der Waals surface area contributed by atoms with Gasteiger partial charge >= 0.3 is 0 Å². The molecule has 0 spiro atoms. The van der Waals surface area contributed by atoms with Crippen LogP contribution >= 0.6 is 11.6 Å². The van der Waals surface area contributed by atoms with Crippen molar-refractivity contribution in [1.82, 2.24) is 10.2 Å². The molecule has 1 atom stereocenters. The molecular formula is C34H42ClN3O4S. The predicted molar refractivity (Wildman–Crippen MR) is 173 cm³/mol. The lowest BCUT2D eigenvalue weighted by atomic mass is 9.95.